The molecule has 16 heavy (non-hydrogen) atoms. The van der Waals surface area contributed by atoms with Crippen molar-refractivity contribution in [2.75, 3.05) is 0 Å². The lowest BCUT2D eigenvalue weighted by atomic mass is 10.0. The summed E-state index contributed by atoms with van der Waals surface area (Å²) >= 11 is 0. The number of carboxylic acids is 1. The van der Waals surface area contributed by atoms with Crippen molar-refractivity contribution in [3.05, 3.63) is 23.8 Å². The van der Waals surface area contributed by atoms with Gasteiger partial charge < -0.3 is 5.11 Å². The molecule has 6 heteroatoms. The second-order valence-corrected chi connectivity index (χ2v) is 3.59. The summed E-state index contributed by atoms with van der Waals surface area (Å²) in [6.45, 7) is 3.64. The smallest absolute Gasteiger partial charge is 0.312 e. The Morgan fingerprint density at radius 2 is 2.38 bits per heavy atom. The number of hydrogen-bond acceptors (Lipinski definition) is 4. The number of aliphatic carboxylic acids is 1. The van der Waals surface area contributed by atoms with Crippen LogP contribution in [-0.4, -0.2) is 30.7 Å². The molecule has 2 heterocycles. The number of rotatable bonds is 3. The maximum atomic E-state index is 11.1. The van der Waals surface area contributed by atoms with E-state index in [0.29, 0.717) is 17.9 Å². The van der Waals surface area contributed by atoms with Gasteiger partial charge in [-0.2, -0.15) is 10.1 Å². The summed E-state index contributed by atoms with van der Waals surface area (Å²) in [6.07, 6.45) is 1.88. The topological polar surface area (TPSA) is 80.4 Å². The molecule has 0 saturated heterocycles. The highest BCUT2D eigenvalue weighted by molar-refractivity contribution is 5.75. The van der Waals surface area contributed by atoms with E-state index in [4.69, 9.17) is 5.11 Å². The van der Waals surface area contributed by atoms with Crippen molar-refractivity contribution < 1.29 is 9.90 Å². The Kier molecular flexibility index (Phi) is 2.55. The molecule has 0 bridgehead atoms. The lowest BCUT2D eigenvalue weighted by Crippen LogP contribution is -2.15. The summed E-state index contributed by atoms with van der Waals surface area (Å²) in [4.78, 5) is 19.3. The van der Waals surface area contributed by atoms with Crippen molar-refractivity contribution >= 4 is 11.7 Å². The molecule has 0 radical (unpaired) electrons. The molecule has 0 aliphatic carbocycles. The van der Waals surface area contributed by atoms with Gasteiger partial charge in [-0.1, -0.05) is 6.92 Å². The minimum Gasteiger partial charge on any atom is -0.481 e. The molecular weight excluding hydrogens is 208 g/mol. The van der Waals surface area contributed by atoms with E-state index in [-0.39, 0.29) is 0 Å². The number of aromatic nitrogens is 4. The van der Waals surface area contributed by atoms with Crippen LogP contribution in [0.2, 0.25) is 0 Å². The molecule has 2 aromatic rings. The third-order valence-electron chi connectivity index (χ3n) is 2.47. The molecule has 6 nitrogen and oxygen atoms in total. The van der Waals surface area contributed by atoms with E-state index in [0.717, 1.165) is 5.69 Å². The Bertz CT molecular complexity index is 535. The number of carbonyl (C=O) groups is 1. The third kappa shape index (κ3) is 1.62. The van der Waals surface area contributed by atoms with E-state index in [1.807, 2.05) is 13.8 Å². The van der Waals surface area contributed by atoms with Crippen LogP contribution >= 0.6 is 0 Å². The Labute approximate surface area is 92.0 Å². The van der Waals surface area contributed by atoms with Gasteiger partial charge in [0.25, 0.3) is 5.78 Å². The highest BCUT2D eigenvalue weighted by Gasteiger charge is 2.21. The van der Waals surface area contributed by atoms with Crippen molar-refractivity contribution in [3.63, 3.8) is 0 Å². The maximum absolute atomic E-state index is 11.1. The van der Waals surface area contributed by atoms with Gasteiger partial charge in [0.1, 0.15) is 6.33 Å². The predicted molar refractivity (Wildman–Crippen MR) is 56.2 cm³/mol. The number of nitrogens with zero attached hydrogens (tertiary/aromatic N) is 4. The second kappa shape index (κ2) is 3.88. The van der Waals surface area contributed by atoms with Gasteiger partial charge >= 0.3 is 5.97 Å². The van der Waals surface area contributed by atoms with Crippen molar-refractivity contribution in [3.8, 4) is 0 Å². The first-order chi connectivity index (χ1) is 7.63. The minimum atomic E-state index is -0.857. The highest BCUT2D eigenvalue weighted by Crippen LogP contribution is 2.20. The Balaban J connectivity index is 2.65. The molecular formula is C10H12N4O2. The van der Waals surface area contributed by atoms with Crippen LogP contribution in [-0.2, 0) is 4.79 Å². The average Bonchev–Trinajstić information content (AvgIpc) is 2.65. The fraction of sp³-hybridized carbons (Fsp3) is 0.400. The van der Waals surface area contributed by atoms with Gasteiger partial charge in [0.15, 0.2) is 0 Å². The zero-order valence-electron chi connectivity index (χ0n) is 9.08. The van der Waals surface area contributed by atoms with Crippen molar-refractivity contribution in [2.24, 2.45) is 0 Å². The highest BCUT2D eigenvalue weighted by atomic mass is 16.4. The van der Waals surface area contributed by atoms with Crippen LogP contribution in [0.1, 0.15) is 30.7 Å². The van der Waals surface area contributed by atoms with E-state index >= 15 is 0 Å². The molecule has 0 saturated carbocycles. The van der Waals surface area contributed by atoms with Gasteiger partial charge in [-0.3, -0.25) is 4.79 Å². The Morgan fingerprint density at radius 3 is 3.00 bits per heavy atom. The number of hydrogen-bond donors (Lipinski definition) is 1. The molecule has 1 unspecified atom stereocenters. The van der Waals surface area contributed by atoms with Crippen molar-refractivity contribution in [2.45, 2.75) is 26.2 Å². The zero-order valence-corrected chi connectivity index (χ0v) is 9.08. The van der Waals surface area contributed by atoms with E-state index < -0.39 is 11.9 Å². The van der Waals surface area contributed by atoms with Crippen molar-refractivity contribution in [1.29, 1.82) is 0 Å². The summed E-state index contributed by atoms with van der Waals surface area (Å²) < 4.78 is 1.48. The number of fused-ring (bicyclic) bond motifs is 1. The third-order valence-corrected chi connectivity index (χ3v) is 2.47. The number of aryl methyl sites for hydroxylation is 1. The van der Waals surface area contributed by atoms with Crippen LogP contribution in [0, 0.1) is 6.92 Å². The molecule has 2 aromatic heterocycles. The van der Waals surface area contributed by atoms with Crippen LogP contribution in [0.4, 0.5) is 0 Å². The van der Waals surface area contributed by atoms with E-state index in [1.165, 1.54) is 10.8 Å². The Morgan fingerprint density at radius 1 is 1.62 bits per heavy atom. The van der Waals surface area contributed by atoms with Gasteiger partial charge in [0, 0.05) is 5.69 Å². The Hall–Kier alpha value is -1.98. The van der Waals surface area contributed by atoms with Crippen LogP contribution in [0.25, 0.3) is 5.78 Å². The van der Waals surface area contributed by atoms with Gasteiger partial charge in [-0.05, 0) is 19.4 Å². The predicted octanol–water partition coefficient (Wildman–Crippen LogP) is 1.01. The molecule has 0 fully saturated rings. The van der Waals surface area contributed by atoms with Crippen LogP contribution < -0.4 is 0 Å². The normalized spacial score (nSPS) is 12.9. The molecule has 0 amide bonds. The average molecular weight is 220 g/mol. The molecule has 0 aliphatic heterocycles. The zero-order chi connectivity index (χ0) is 11.7. The summed E-state index contributed by atoms with van der Waals surface area (Å²) in [6, 6.07) is 1.74. The fourth-order valence-corrected chi connectivity index (χ4v) is 1.72. The second-order valence-electron chi connectivity index (χ2n) is 3.59. The van der Waals surface area contributed by atoms with Gasteiger partial charge in [-0.15, -0.1) is 0 Å². The maximum Gasteiger partial charge on any atom is 0.312 e. The first kappa shape index (κ1) is 10.5. The standard InChI is InChI=1S/C10H12N4O2/c1-3-7(9(15)16)8-4-6(2)13-10-11-5-12-14(8)10/h4-5,7H,3H2,1-2H3,(H,15,16). The first-order valence-electron chi connectivity index (χ1n) is 5.03. The number of carboxylic acid groups (broad SMARTS) is 1. The monoisotopic (exact) mass is 220 g/mol. The molecule has 84 valence electrons. The first-order valence-corrected chi connectivity index (χ1v) is 5.03. The molecule has 0 aromatic carbocycles. The molecule has 0 aliphatic rings. The van der Waals surface area contributed by atoms with E-state index in [2.05, 4.69) is 15.1 Å². The van der Waals surface area contributed by atoms with Crippen molar-refractivity contribution in [1.82, 2.24) is 19.6 Å². The van der Waals surface area contributed by atoms with Crippen LogP contribution in [0.5, 0.6) is 0 Å². The lowest BCUT2D eigenvalue weighted by molar-refractivity contribution is -0.139. The van der Waals surface area contributed by atoms with Crippen LogP contribution in [0.3, 0.4) is 0 Å². The fourth-order valence-electron chi connectivity index (χ4n) is 1.72. The largest absolute Gasteiger partial charge is 0.481 e. The molecule has 1 atom stereocenters. The molecule has 0 spiro atoms. The SMILES string of the molecule is CCC(C(=O)O)c1cc(C)nc2ncnn12. The van der Waals surface area contributed by atoms with Crippen LogP contribution in [0.15, 0.2) is 12.4 Å². The van der Waals surface area contributed by atoms with Gasteiger partial charge in [-0.25, -0.2) is 9.50 Å². The summed E-state index contributed by atoms with van der Waals surface area (Å²) in [5.74, 6) is -0.995. The lowest BCUT2D eigenvalue weighted by Gasteiger charge is -2.11. The summed E-state index contributed by atoms with van der Waals surface area (Å²) in [7, 11) is 0. The van der Waals surface area contributed by atoms with Gasteiger partial charge in [0.05, 0.1) is 11.6 Å². The molecule has 1 N–H and O–H groups in total. The van der Waals surface area contributed by atoms with Gasteiger partial charge in [0.2, 0.25) is 0 Å². The van der Waals surface area contributed by atoms with E-state index in [9.17, 15) is 4.79 Å². The summed E-state index contributed by atoms with van der Waals surface area (Å²) in [5, 5.41) is 13.1. The molecule has 2 rings (SSSR count). The quantitative estimate of drug-likeness (QED) is 0.834. The van der Waals surface area contributed by atoms with E-state index in [1.54, 1.807) is 6.07 Å². The minimum absolute atomic E-state index is 0.440. The summed E-state index contributed by atoms with van der Waals surface area (Å²) in [5.41, 5.74) is 1.37.